The summed E-state index contributed by atoms with van der Waals surface area (Å²) in [5, 5.41) is 0. The molecule has 0 bridgehead atoms. The van der Waals surface area contributed by atoms with Gasteiger partial charge in [-0.05, 0) is 55.0 Å². The van der Waals surface area contributed by atoms with Crippen molar-refractivity contribution in [2.45, 2.75) is 94.8 Å². The molecule has 4 rings (SSSR count). The van der Waals surface area contributed by atoms with Gasteiger partial charge in [0.1, 0.15) is 0 Å². The standard InChI is InChI=1S/C27H30F6/c1-21(2)17-11-9-15(13-19(17)23(21,5)6)25(26(28,29)30,27(31,32)33)16-10-12-18-20(14-16)24(7,8)22(18,3)4/h9-14H,1-8H3. The number of rotatable bonds is 2. The van der Waals surface area contributed by atoms with Crippen LogP contribution >= 0.6 is 0 Å². The Bertz CT molecular complexity index is 1050. The monoisotopic (exact) mass is 468 g/mol. The van der Waals surface area contributed by atoms with Crippen LogP contribution in [0.3, 0.4) is 0 Å². The molecule has 0 unspecified atom stereocenters. The zero-order valence-corrected chi connectivity index (χ0v) is 20.2. The molecule has 2 aliphatic carbocycles. The van der Waals surface area contributed by atoms with Gasteiger partial charge in [0, 0.05) is 0 Å². The van der Waals surface area contributed by atoms with Gasteiger partial charge in [0.05, 0.1) is 0 Å². The largest absolute Gasteiger partial charge is 0.411 e. The Labute approximate surface area is 191 Å². The highest BCUT2D eigenvalue weighted by molar-refractivity contribution is 5.60. The minimum atomic E-state index is -5.58. The van der Waals surface area contributed by atoms with E-state index in [-0.39, 0.29) is 10.8 Å². The Morgan fingerprint density at radius 1 is 0.455 bits per heavy atom. The lowest BCUT2D eigenvalue weighted by Gasteiger charge is -2.55. The molecule has 2 aliphatic rings. The molecule has 0 spiro atoms. The van der Waals surface area contributed by atoms with Gasteiger partial charge < -0.3 is 0 Å². The zero-order chi connectivity index (χ0) is 25.2. The molecule has 0 fully saturated rings. The summed E-state index contributed by atoms with van der Waals surface area (Å²) in [6, 6.07) is 7.19. The van der Waals surface area contributed by atoms with Crippen LogP contribution in [0.4, 0.5) is 26.3 Å². The molecule has 0 radical (unpaired) electrons. The molecular formula is C27H30F6. The summed E-state index contributed by atoms with van der Waals surface area (Å²) in [6.45, 7) is 15.3. The van der Waals surface area contributed by atoms with Crippen molar-refractivity contribution >= 4 is 0 Å². The zero-order valence-electron chi connectivity index (χ0n) is 20.2. The summed E-state index contributed by atoms with van der Waals surface area (Å²) >= 11 is 0. The molecule has 33 heavy (non-hydrogen) atoms. The van der Waals surface area contributed by atoms with Crippen LogP contribution in [0.25, 0.3) is 0 Å². The summed E-state index contributed by atoms with van der Waals surface area (Å²) in [4.78, 5) is 0. The van der Waals surface area contributed by atoms with Crippen molar-refractivity contribution in [3.8, 4) is 0 Å². The van der Waals surface area contributed by atoms with Crippen molar-refractivity contribution in [2.75, 3.05) is 0 Å². The number of fused-ring (bicyclic) bond motifs is 2. The summed E-state index contributed by atoms with van der Waals surface area (Å²) in [5.74, 6) is 0. The molecule has 0 nitrogen and oxygen atoms in total. The Morgan fingerprint density at radius 2 is 0.727 bits per heavy atom. The minimum absolute atomic E-state index is 0.342. The van der Waals surface area contributed by atoms with Crippen LogP contribution in [-0.2, 0) is 27.1 Å². The average Bonchev–Trinajstić information content (AvgIpc) is 2.65. The highest BCUT2D eigenvalue weighted by Crippen LogP contribution is 2.62. The number of alkyl halides is 6. The third-order valence-electron chi connectivity index (χ3n) is 9.57. The van der Waals surface area contributed by atoms with E-state index in [4.69, 9.17) is 0 Å². The van der Waals surface area contributed by atoms with Gasteiger partial charge >= 0.3 is 12.4 Å². The average molecular weight is 469 g/mol. The van der Waals surface area contributed by atoms with Gasteiger partial charge in [-0.15, -0.1) is 0 Å². The Balaban J connectivity index is 2.04. The molecule has 0 heterocycles. The van der Waals surface area contributed by atoms with E-state index in [1.807, 2.05) is 55.4 Å². The molecule has 0 aromatic heterocycles. The van der Waals surface area contributed by atoms with E-state index in [1.165, 1.54) is 12.1 Å². The fraction of sp³-hybridized carbons (Fsp3) is 0.556. The maximum absolute atomic E-state index is 14.7. The van der Waals surface area contributed by atoms with Gasteiger partial charge in [-0.3, -0.25) is 0 Å². The molecule has 0 saturated heterocycles. The van der Waals surface area contributed by atoms with Crippen molar-refractivity contribution in [2.24, 2.45) is 0 Å². The van der Waals surface area contributed by atoms with Crippen LogP contribution in [0.5, 0.6) is 0 Å². The smallest absolute Gasteiger partial charge is 0.169 e. The number of hydrogen-bond donors (Lipinski definition) is 0. The van der Waals surface area contributed by atoms with Gasteiger partial charge in [-0.1, -0.05) is 91.8 Å². The predicted molar refractivity (Wildman–Crippen MR) is 118 cm³/mol. The van der Waals surface area contributed by atoms with Crippen molar-refractivity contribution in [3.63, 3.8) is 0 Å². The summed E-state index contributed by atoms with van der Waals surface area (Å²) < 4.78 is 88.3. The SMILES string of the molecule is CC1(C)c2ccc(C(c3ccc4c(c3)C(C)(C)C4(C)C)(C(F)(F)F)C(F)(F)F)cc2C1(C)C. The van der Waals surface area contributed by atoms with Gasteiger partial charge in [0.25, 0.3) is 0 Å². The lowest BCUT2D eigenvalue weighted by Crippen LogP contribution is -2.57. The van der Waals surface area contributed by atoms with Crippen LogP contribution < -0.4 is 0 Å². The second kappa shape index (κ2) is 6.17. The summed E-state index contributed by atoms with van der Waals surface area (Å²) in [6.07, 6.45) is -11.2. The molecule has 0 atom stereocenters. The van der Waals surface area contributed by atoms with E-state index in [1.54, 1.807) is 0 Å². The topological polar surface area (TPSA) is 0 Å². The number of halogens is 6. The number of benzene rings is 2. The van der Waals surface area contributed by atoms with E-state index in [9.17, 15) is 26.3 Å². The fourth-order valence-electron chi connectivity index (χ4n) is 5.88. The van der Waals surface area contributed by atoms with Gasteiger partial charge in [-0.25, -0.2) is 0 Å². The first-order valence-corrected chi connectivity index (χ1v) is 11.1. The van der Waals surface area contributed by atoms with Crippen LogP contribution in [0, 0.1) is 0 Å². The van der Waals surface area contributed by atoms with E-state index in [0.29, 0.717) is 11.1 Å². The van der Waals surface area contributed by atoms with E-state index in [0.717, 1.165) is 35.4 Å². The van der Waals surface area contributed by atoms with Crippen molar-refractivity contribution in [1.29, 1.82) is 0 Å². The fourth-order valence-corrected chi connectivity index (χ4v) is 5.88. The van der Waals surface area contributed by atoms with Crippen molar-refractivity contribution < 1.29 is 26.3 Å². The third-order valence-corrected chi connectivity index (χ3v) is 9.57. The van der Waals surface area contributed by atoms with Gasteiger partial charge in [-0.2, -0.15) is 26.3 Å². The van der Waals surface area contributed by atoms with Crippen LogP contribution in [0.1, 0.15) is 88.8 Å². The second-order valence-electron chi connectivity index (χ2n) is 11.8. The molecule has 0 aliphatic heterocycles. The predicted octanol–water partition coefficient (Wildman–Crippen LogP) is 8.23. The maximum atomic E-state index is 14.7. The summed E-state index contributed by atoms with van der Waals surface area (Å²) in [5.41, 5.74) is -4.80. The van der Waals surface area contributed by atoms with E-state index < -0.39 is 39.7 Å². The van der Waals surface area contributed by atoms with E-state index in [2.05, 4.69) is 0 Å². The van der Waals surface area contributed by atoms with Crippen molar-refractivity contribution in [1.82, 2.24) is 0 Å². The van der Waals surface area contributed by atoms with Crippen molar-refractivity contribution in [3.05, 3.63) is 69.8 Å². The summed E-state index contributed by atoms with van der Waals surface area (Å²) in [7, 11) is 0. The number of hydrogen-bond acceptors (Lipinski definition) is 0. The first-order chi connectivity index (χ1) is 14.7. The quantitative estimate of drug-likeness (QED) is 0.390. The highest BCUT2D eigenvalue weighted by atomic mass is 19.4. The Hall–Kier alpha value is -1.98. The second-order valence-corrected chi connectivity index (χ2v) is 11.8. The maximum Gasteiger partial charge on any atom is 0.411 e. The van der Waals surface area contributed by atoms with Gasteiger partial charge in [0.15, 0.2) is 0 Å². The first-order valence-electron chi connectivity index (χ1n) is 11.1. The lowest BCUT2D eigenvalue weighted by atomic mass is 9.48. The molecule has 2 aromatic carbocycles. The molecule has 0 saturated carbocycles. The Kier molecular flexibility index (Phi) is 4.51. The van der Waals surface area contributed by atoms with Gasteiger partial charge in [0.2, 0.25) is 5.41 Å². The van der Waals surface area contributed by atoms with Crippen LogP contribution in [-0.4, -0.2) is 12.4 Å². The van der Waals surface area contributed by atoms with E-state index >= 15 is 0 Å². The molecule has 0 N–H and O–H groups in total. The first kappa shape index (κ1) is 24.2. The van der Waals surface area contributed by atoms with Crippen LogP contribution in [0.15, 0.2) is 36.4 Å². The normalized spacial score (nSPS) is 22.0. The molecular weight excluding hydrogens is 438 g/mol. The molecule has 0 amide bonds. The molecule has 2 aromatic rings. The third kappa shape index (κ3) is 2.56. The molecule has 180 valence electrons. The minimum Gasteiger partial charge on any atom is -0.169 e. The van der Waals surface area contributed by atoms with Crippen LogP contribution in [0.2, 0.25) is 0 Å². The molecule has 6 heteroatoms. The Morgan fingerprint density at radius 3 is 1.00 bits per heavy atom. The highest BCUT2D eigenvalue weighted by Gasteiger charge is 2.73. The lowest BCUT2D eigenvalue weighted by molar-refractivity contribution is -0.288.